The summed E-state index contributed by atoms with van der Waals surface area (Å²) in [6, 6.07) is 10.4. The molecular formula is C25H24N4O4S. The fourth-order valence-electron chi connectivity index (χ4n) is 4.88. The minimum Gasteiger partial charge on any atom is -0.466 e. The van der Waals surface area contributed by atoms with Gasteiger partial charge in [0, 0.05) is 40.5 Å². The molecule has 0 aliphatic heterocycles. The number of rotatable bonds is 6. The Hall–Kier alpha value is -3.64. The van der Waals surface area contributed by atoms with Gasteiger partial charge in [0.1, 0.15) is 0 Å². The van der Waals surface area contributed by atoms with E-state index >= 15 is 0 Å². The van der Waals surface area contributed by atoms with Crippen molar-refractivity contribution in [3.05, 3.63) is 59.4 Å². The second-order valence-corrected chi connectivity index (χ2v) is 10.8. The lowest BCUT2D eigenvalue weighted by Gasteiger charge is -2.23. The molecule has 2 aromatic carbocycles. The molecule has 1 aliphatic carbocycles. The van der Waals surface area contributed by atoms with E-state index in [1.807, 2.05) is 25.3 Å². The van der Waals surface area contributed by atoms with Gasteiger partial charge in [-0.05, 0) is 62.1 Å². The summed E-state index contributed by atoms with van der Waals surface area (Å²) in [5, 5.41) is 15.6. The quantitative estimate of drug-likeness (QED) is 0.422. The number of fused-ring (bicyclic) bond motifs is 2. The molecule has 9 heteroatoms. The zero-order chi connectivity index (χ0) is 24.2. The molecule has 2 heterocycles. The molecule has 34 heavy (non-hydrogen) atoms. The van der Waals surface area contributed by atoms with E-state index in [0.717, 1.165) is 21.9 Å². The third-order valence-corrected chi connectivity index (χ3v) is 7.65. The van der Waals surface area contributed by atoms with Crippen LogP contribution in [0.1, 0.15) is 36.1 Å². The zero-order valence-electron chi connectivity index (χ0n) is 19.1. The van der Waals surface area contributed by atoms with E-state index in [9.17, 15) is 18.5 Å². The van der Waals surface area contributed by atoms with Gasteiger partial charge in [-0.2, -0.15) is 10.4 Å². The first kappa shape index (κ1) is 22.2. The van der Waals surface area contributed by atoms with Crippen LogP contribution < -0.4 is 0 Å². The van der Waals surface area contributed by atoms with Crippen molar-refractivity contribution in [3.63, 3.8) is 0 Å². The SMILES string of the molecule is CCOC(=O)C1CC1C(c1c(S(C)(=O)=O)cc(C)c2[nH]ccc12)n1cc2ccc(C#N)cc2n1. The van der Waals surface area contributed by atoms with Gasteiger partial charge in [-0.1, -0.05) is 0 Å². The largest absolute Gasteiger partial charge is 0.466 e. The summed E-state index contributed by atoms with van der Waals surface area (Å²) >= 11 is 0. The van der Waals surface area contributed by atoms with Gasteiger partial charge in [0.15, 0.2) is 9.84 Å². The summed E-state index contributed by atoms with van der Waals surface area (Å²) < 4.78 is 32.9. The number of hydrogen-bond donors (Lipinski definition) is 1. The summed E-state index contributed by atoms with van der Waals surface area (Å²) in [5.41, 5.74) is 3.42. The highest BCUT2D eigenvalue weighted by Gasteiger charge is 2.51. The Labute approximate surface area is 197 Å². The van der Waals surface area contributed by atoms with Gasteiger partial charge in [0.2, 0.25) is 0 Å². The van der Waals surface area contributed by atoms with Crippen molar-refractivity contribution >= 4 is 37.6 Å². The standard InChI is InChI=1S/C25H24N4O4S/c1-4-33-25(30)19-11-18(19)24(29-13-16-6-5-15(12-26)10-20(16)28-29)22-17-7-8-27-23(17)14(2)9-21(22)34(3,31)32/h5-10,13,18-19,24,27H,4,11H2,1-3H3. The van der Waals surface area contributed by atoms with Crippen molar-refractivity contribution in [2.24, 2.45) is 11.8 Å². The number of nitriles is 1. The first-order valence-corrected chi connectivity index (χ1v) is 13.0. The monoisotopic (exact) mass is 476 g/mol. The normalized spacial score (nSPS) is 18.6. The molecule has 8 nitrogen and oxygen atoms in total. The van der Waals surface area contributed by atoms with E-state index in [0.29, 0.717) is 23.1 Å². The van der Waals surface area contributed by atoms with Crippen LogP contribution >= 0.6 is 0 Å². The highest BCUT2D eigenvalue weighted by atomic mass is 32.2. The molecule has 1 aliphatic rings. The summed E-state index contributed by atoms with van der Waals surface area (Å²) in [6.07, 6.45) is 5.42. The second-order valence-electron chi connectivity index (χ2n) is 8.84. The molecule has 174 valence electrons. The molecule has 1 N–H and O–H groups in total. The molecule has 0 radical (unpaired) electrons. The molecule has 2 aromatic heterocycles. The van der Waals surface area contributed by atoms with E-state index in [1.54, 1.807) is 36.0 Å². The molecule has 1 fully saturated rings. The lowest BCUT2D eigenvalue weighted by Crippen LogP contribution is -2.20. The van der Waals surface area contributed by atoms with Gasteiger partial charge in [-0.15, -0.1) is 0 Å². The van der Waals surface area contributed by atoms with Gasteiger partial charge >= 0.3 is 5.97 Å². The number of nitrogens with one attached hydrogen (secondary N) is 1. The van der Waals surface area contributed by atoms with Crippen molar-refractivity contribution in [1.82, 2.24) is 14.8 Å². The fraction of sp³-hybridized carbons (Fsp3) is 0.320. The Morgan fingerprint density at radius 3 is 2.85 bits per heavy atom. The molecule has 0 saturated heterocycles. The Kier molecular flexibility index (Phi) is 5.21. The molecule has 5 rings (SSSR count). The summed E-state index contributed by atoms with van der Waals surface area (Å²) in [5.74, 6) is -0.793. The number of ether oxygens (including phenoxy) is 1. The highest BCUT2D eigenvalue weighted by Crippen LogP contribution is 2.52. The van der Waals surface area contributed by atoms with Gasteiger partial charge in [-0.3, -0.25) is 9.48 Å². The number of aromatic amines is 1. The van der Waals surface area contributed by atoms with Crippen LogP contribution in [0.5, 0.6) is 0 Å². The maximum absolute atomic E-state index is 13.0. The molecule has 4 aromatic rings. The van der Waals surface area contributed by atoms with Crippen LogP contribution in [-0.4, -0.2) is 42.0 Å². The Morgan fingerprint density at radius 1 is 1.35 bits per heavy atom. The van der Waals surface area contributed by atoms with Crippen molar-refractivity contribution in [1.29, 1.82) is 5.26 Å². The third kappa shape index (κ3) is 3.64. The van der Waals surface area contributed by atoms with E-state index < -0.39 is 15.9 Å². The molecule has 1 saturated carbocycles. The number of carbonyl (C=O) groups excluding carboxylic acids is 1. The number of H-pyrrole nitrogens is 1. The predicted octanol–water partition coefficient (Wildman–Crippen LogP) is 3.89. The summed E-state index contributed by atoms with van der Waals surface area (Å²) in [7, 11) is -3.59. The minimum atomic E-state index is -3.59. The van der Waals surface area contributed by atoms with Gasteiger partial charge < -0.3 is 9.72 Å². The lowest BCUT2D eigenvalue weighted by molar-refractivity contribution is -0.145. The maximum Gasteiger partial charge on any atom is 0.309 e. The van der Waals surface area contributed by atoms with Crippen LogP contribution in [0.3, 0.4) is 0 Å². The predicted molar refractivity (Wildman–Crippen MR) is 127 cm³/mol. The molecular weight excluding hydrogens is 452 g/mol. The number of sulfone groups is 1. The smallest absolute Gasteiger partial charge is 0.309 e. The fourth-order valence-corrected chi connectivity index (χ4v) is 5.91. The van der Waals surface area contributed by atoms with E-state index in [1.165, 1.54) is 6.26 Å². The number of benzene rings is 2. The van der Waals surface area contributed by atoms with E-state index in [4.69, 9.17) is 9.84 Å². The first-order chi connectivity index (χ1) is 16.2. The molecule has 0 amide bonds. The van der Waals surface area contributed by atoms with Gasteiger partial charge in [0.05, 0.1) is 40.6 Å². The van der Waals surface area contributed by atoms with E-state index in [2.05, 4.69) is 11.1 Å². The number of esters is 1. The Balaban J connectivity index is 1.77. The van der Waals surface area contributed by atoms with Gasteiger partial charge in [-0.25, -0.2) is 8.42 Å². The Morgan fingerprint density at radius 2 is 2.15 bits per heavy atom. The summed E-state index contributed by atoms with van der Waals surface area (Å²) in [4.78, 5) is 16.0. The summed E-state index contributed by atoms with van der Waals surface area (Å²) in [6.45, 7) is 3.93. The van der Waals surface area contributed by atoms with Crippen LogP contribution in [0.25, 0.3) is 21.8 Å². The number of hydrogen-bond acceptors (Lipinski definition) is 6. The number of nitrogens with zero attached hydrogens (tertiary/aromatic N) is 3. The van der Waals surface area contributed by atoms with Gasteiger partial charge in [0.25, 0.3) is 0 Å². The van der Waals surface area contributed by atoms with Crippen molar-refractivity contribution in [3.8, 4) is 6.07 Å². The van der Waals surface area contributed by atoms with Crippen molar-refractivity contribution in [2.75, 3.05) is 12.9 Å². The van der Waals surface area contributed by atoms with Crippen LogP contribution in [0.2, 0.25) is 0 Å². The third-order valence-electron chi connectivity index (χ3n) is 6.51. The number of aryl methyl sites for hydroxylation is 1. The maximum atomic E-state index is 13.0. The zero-order valence-corrected chi connectivity index (χ0v) is 19.9. The van der Waals surface area contributed by atoms with Crippen LogP contribution in [0, 0.1) is 30.1 Å². The van der Waals surface area contributed by atoms with E-state index in [-0.39, 0.29) is 29.3 Å². The molecule has 3 atom stereocenters. The minimum absolute atomic E-state index is 0.176. The first-order valence-electron chi connectivity index (χ1n) is 11.1. The van der Waals surface area contributed by atoms with Crippen molar-refractivity contribution < 1.29 is 17.9 Å². The average molecular weight is 477 g/mol. The van der Waals surface area contributed by atoms with Crippen molar-refractivity contribution in [2.45, 2.75) is 31.2 Å². The molecule has 0 spiro atoms. The molecule has 3 unspecified atom stereocenters. The van der Waals surface area contributed by atoms with Crippen LogP contribution in [-0.2, 0) is 19.4 Å². The Bertz CT molecular complexity index is 1590. The van der Waals surface area contributed by atoms with Crippen LogP contribution in [0.4, 0.5) is 0 Å². The molecule has 0 bridgehead atoms. The second kappa shape index (κ2) is 7.99. The number of carbonyl (C=O) groups is 1. The average Bonchev–Trinajstić information content (AvgIpc) is 3.21. The highest BCUT2D eigenvalue weighted by molar-refractivity contribution is 7.90. The lowest BCUT2D eigenvalue weighted by atomic mass is 9.95. The topological polar surface area (TPSA) is 118 Å². The number of aromatic nitrogens is 3. The van der Waals surface area contributed by atoms with Crippen LogP contribution in [0.15, 0.2) is 47.6 Å².